The fraction of sp³-hybridized carbons (Fsp3) is 0.121. The Balaban J connectivity index is 1.49. The number of hydrogen-bond acceptors (Lipinski definition) is 6. The van der Waals surface area contributed by atoms with Crippen molar-refractivity contribution in [3.05, 3.63) is 128 Å². The van der Waals surface area contributed by atoms with Crippen LogP contribution in [0.2, 0.25) is 20.1 Å². The van der Waals surface area contributed by atoms with E-state index >= 15 is 0 Å². The minimum absolute atomic E-state index is 0.0579. The third-order valence-electron chi connectivity index (χ3n) is 8.23. The number of allylic oxidation sites excluding steroid dienone is 2. The molecule has 10 nitrogen and oxygen atoms in total. The predicted molar refractivity (Wildman–Crippen MR) is 193 cm³/mol. The van der Waals surface area contributed by atoms with Crippen LogP contribution in [0, 0.1) is 0 Å². The van der Waals surface area contributed by atoms with Crippen LogP contribution in [-0.2, 0) is 40.4 Å². The van der Waals surface area contributed by atoms with Crippen LogP contribution < -0.4 is 14.4 Å². The van der Waals surface area contributed by atoms with Gasteiger partial charge in [0.15, 0.2) is 11.0 Å². The highest BCUT2D eigenvalue weighted by molar-refractivity contribution is 7.86. The molecule has 0 saturated carbocycles. The van der Waals surface area contributed by atoms with Gasteiger partial charge in [0.2, 0.25) is 0 Å². The van der Waals surface area contributed by atoms with Crippen LogP contribution in [0.4, 0.5) is 11.4 Å². The molecular weight excluding hydrogens is 754 g/mol. The second kappa shape index (κ2) is 13.3. The number of hydrogen-bond donors (Lipinski definition) is 2. The molecule has 0 bridgehead atoms. The zero-order chi connectivity index (χ0) is 35.4. The van der Waals surface area contributed by atoms with Crippen molar-refractivity contribution in [1.29, 1.82) is 0 Å². The van der Waals surface area contributed by atoms with E-state index in [0.717, 1.165) is 0 Å². The van der Waals surface area contributed by atoms with E-state index < -0.39 is 20.2 Å². The minimum atomic E-state index is -4.52. The molecule has 0 fully saturated rings. The lowest BCUT2D eigenvalue weighted by Crippen LogP contribution is -2.31. The summed E-state index contributed by atoms with van der Waals surface area (Å²) in [7, 11) is -5.39. The Morgan fingerprint density at radius 3 is 1.84 bits per heavy atom. The molecule has 2 N–H and O–H groups in total. The highest BCUT2D eigenvalue weighted by Crippen LogP contribution is 2.46. The highest BCUT2D eigenvalue weighted by Gasteiger charge is 2.32. The van der Waals surface area contributed by atoms with Crippen LogP contribution >= 0.6 is 46.4 Å². The van der Waals surface area contributed by atoms with Gasteiger partial charge in [0, 0.05) is 30.8 Å². The van der Waals surface area contributed by atoms with Gasteiger partial charge in [-0.3, -0.25) is 9.11 Å². The summed E-state index contributed by atoms with van der Waals surface area (Å²) in [5.74, 6) is 1.26. The molecule has 0 saturated heterocycles. The Hall–Kier alpha value is -3.59. The van der Waals surface area contributed by atoms with E-state index in [4.69, 9.17) is 46.4 Å². The van der Waals surface area contributed by atoms with E-state index in [1.54, 1.807) is 54.6 Å². The van der Waals surface area contributed by atoms with Crippen molar-refractivity contribution in [3.8, 4) is 0 Å². The molecule has 16 heteroatoms. The van der Waals surface area contributed by atoms with Gasteiger partial charge in [-0.1, -0.05) is 88.9 Å². The number of aryl methyl sites for hydroxylation is 1. The Labute approximate surface area is 303 Å². The number of fused-ring (bicyclic) bond motifs is 2. The molecule has 0 amide bonds. The smallest absolute Gasteiger partial charge is 0.294 e. The topological polar surface area (TPSA) is 124 Å². The van der Waals surface area contributed by atoms with Crippen LogP contribution in [0.25, 0.3) is 17.1 Å². The number of anilines is 2. The number of nitrogens with zero attached hydrogens (tertiary/aromatic N) is 4. The average Bonchev–Trinajstić information content (AvgIpc) is 3.41. The van der Waals surface area contributed by atoms with Crippen molar-refractivity contribution < 1.29 is 30.5 Å². The Morgan fingerprint density at radius 1 is 0.735 bits per heavy atom. The Morgan fingerprint density at radius 2 is 1.24 bits per heavy atom. The molecule has 49 heavy (non-hydrogen) atoms. The molecular formula is C33H27Cl4N4O6S2+. The fourth-order valence-electron chi connectivity index (χ4n) is 5.95. The molecule has 2 heterocycles. The Bertz CT molecular complexity index is 2450. The maximum atomic E-state index is 12.2. The van der Waals surface area contributed by atoms with Gasteiger partial charge in [-0.2, -0.15) is 16.8 Å². The average molecular weight is 782 g/mol. The van der Waals surface area contributed by atoms with Gasteiger partial charge in [-0.25, -0.2) is 9.13 Å². The van der Waals surface area contributed by atoms with Gasteiger partial charge in [0.05, 0.1) is 50.0 Å². The predicted octanol–water partition coefficient (Wildman–Crippen LogP) is 7.63. The van der Waals surface area contributed by atoms with Gasteiger partial charge < -0.3 is 9.80 Å². The molecule has 0 radical (unpaired) electrons. The third-order valence-corrected chi connectivity index (χ3v) is 11.6. The summed E-state index contributed by atoms with van der Waals surface area (Å²) in [5, 5.41) is 1.28. The maximum absolute atomic E-state index is 12.2. The molecule has 5 aromatic rings. The molecule has 0 spiro atoms. The first-order valence-electron chi connectivity index (χ1n) is 14.4. The summed E-state index contributed by atoms with van der Waals surface area (Å²) in [6.45, 7) is 0.116. The van der Waals surface area contributed by atoms with Crippen molar-refractivity contribution in [3.63, 3.8) is 0 Å². The molecule has 1 aromatic heterocycles. The summed E-state index contributed by atoms with van der Waals surface area (Å²) in [4.78, 5) is 3.28. The molecule has 1 aliphatic rings. The lowest BCUT2D eigenvalue weighted by atomic mass is 10.2. The fourth-order valence-corrected chi connectivity index (χ4v) is 8.01. The first-order valence-corrected chi connectivity index (χ1v) is 18.8. The summed E-state index contributed by atoms with van der Waals surface area (Å²) >= 11 is 25.6. The summed E-state index contributed by atoms with van der Waals surface area (Å²) < 4.78 is 72.5. The van der Waals surface area contributed by atoms with E-state index in [9.17, 15) is 25.9 Å². The third kappa shape index (κ3) is 6.80. The van der Waals surface area contributed by atoms with Crippen molar-refractivity contribution in [1.82, 2.24) is 4.57 Å². The van der Waals surface area contributed by atoms with Crippen LogP contribution in [0.1, 0.15) is 17.0 Å². The number of aromatic nitrogens is 2. The van der Waals surface area contributed by atoms with Gasteiger partial charge in [-0.05, 0) is 35.9 Å². The number of benzene rings is 4. The second-order valence-corrected chi connectivity index (χ2v) is 15.6. The molecule has 0 aliphatic carbocycles. The van der Waals surface area contributed by atoms with E-state index in [1.165, 1.54) is 24.3 Å². The second-order valence-electron chi connectivity index (χ2n) is 11.2. The lowest BCUT2D eigenvalue weighted by Gasteiger charge is -2.23. The first kappa shape index (κ1) is 35.2. The lowest BCUT2D eigenvalue weighted by molar-refractivity contribution is -0.647. The summed E-state index contributed by atoms with van der Waals surface area (Å²) in [6, 6.07) is 19.1. The van der Waals surface area contributed by atoms with Crippen LogP contribution in [0.15, 0.2) is 101 Å². The molecule has 6 rings (SSSR count). The van der Waals surface area contributed by atoms with Crippen LogP contribution in [-0.4, -0.2) is 37.6 Å². The summed E-state index contributed by atoms with van der Waals surface area (Å²) in [6.07, 6.45) is 5.41. The number of halogens is 4. The standard InChI is InChI=1S/C33H26Cl4N4O6S2/c1-38-26-14-22(34)24(36)16-28(26)40(18-20-8-3-5-10-30(20)48(42,43)44)32(38)12-7-13-33-39(2)27-15-23(35)25(37)17-29(27)41(33)19-21-9-4-6-11-31(21)49(45,46)47/h3-17H,18-19H2,1-2H3,(H-,42,43,44,45,46,47)/p+1. The van der Waals surface area contributed by atoms with Crippen molar-refractivity contribution in [2.75, 3.05) is 16.8 Å². The zero-order valence-electron chi connectivity index (χ0n) is 25.7. The molecule has 4 aromatic carbocycles. The zero-order valence-corrected chi connectivity index (χ0v) is 30.4. The van der Waals surface area contributed by atoms with Crippen LogP contribution in [0.3, 0.4) is 0 Å². The minimum Gasteiger partial charge on any atom is -0.329 e. The SMILES string of the molecule is CN1/C(=C\C=C\c2n(Cc3ccccc3S(=O)(=O)O)c3cc(Cl)c(Cl)cc3[n+]2C)N(Cc2ccccc2S(=O)(=O)O)c2cc(Cl)c(Cl)cc21. The van der Waals surface area contributed by atoms with Gasteiger partial charge in [0.1, 0.15) is 17.3 Å². The summed E-state index contributed by atoms with van der Waals surface area (Å²) in [5.41, 5.74) is 3.45. The quantitative estimate of drug-likeness (QED) is 0.122. The van der Waals surface area contributed by atoms with Crippen molar-refractivity contribution in [2.24, 2.45) is 7.05 Å². The maximum Gasteiger partial charge on any atom is 0.294 e. The monoisotopic (exact) mass is 779 g/mol. The Kier molecular flexibility index (Phi) is 9.55. The van der Waals surface area contributed by atoms with Gasteiger partial charge in [0.25, 0.3) is 26.1 Å². The molecule has 254 valence electrons. The van der Waals surface area contributed by atoms with Crippen LogP contribution in [0.5, 0.6) is 0 Å². The van der Waals surface area contributed by atoms with Crippen molar-refractivity contribution >= 4 is 95.1 Å². The van der Waals surface area contributed by atoms with Gasteiger partial charge in [-0.15, -0.1) is 0 Å². The molecule has 0 unspecified atom stereocenters. The highest BCUT2D eigenvalue weighted by atomic mass is 35.5. The molecule has 1 aliphatic heterocycles. The largest absolute Gasteiger partial charge is 0.329 e. The first-order chi connectivity index (χ1) is 23.1. The van der Waals surface area contributed by atoms with E-state index in [-0.39, 0.29) is 22.9 Å². The number of imidazole rings is 1. The normalized spacial score (nSPS) is 14.5. The van der Waals surface area contributed by atoms with Crippen molar-refractivity contribution in [2.45, 2.75) is 22.9 Å². The van der Waals surface area contributed by atoms with Gasteiger partial charge >= 0.3 is 0 Å². The van der Waals surface area contributed by atoms with E-state index in [1.807, 2.05) is 45.2 Å². The number of rotatable bonds is 8. The van der Waals surface area contributed by atoms with E-state index in [0.29, 0.717) is 65.3 Å². The molecule has 0 atom stereocenters. The van der Waals surface area contributed by atoms with E-state index in [2.05, 4.69) is 0 Å².